The first-order valence-electron chi connectivity index (χ1n) is 19.1. The van der Waals surface area contributed by atoms with Crippen molar-refractivity contribution in [2.24, 2.45) is 0 Å². The number of phenols is 1. The summed E-state index contributed by atoms with van der Waals surface area (Å²) in [6.07, 6.45) is 1.18. The molecule has 0 aliphatic heterocycles. The second kappa shape index (κ2) is 19.7. The van der Waals surface area contributed by atoms with Crippen molar-refractivity contribution in [2.45, 2.75) is 77.5 Å². The number of amides is 2. The highest BCUT2D eigenvalue weighted by molar-refractivity contribution is 6.00. The number of hydrogen-bond acceptors (Lipinski definition) is 9. The molecule has 5 rings (SSSR count). The minimum Gasteiger partial charge on any atom is -0.507 e. The van der Waals surface area contributed by atoms with E-state index in [1.807, 2.05) is 97.9 Å². The van der Waals surface area contributed by atoms with E-state index in [1.165, 1.54) is 12.0 Å². The Balaban J connectivity index is 1.31. The minimum atomic E-state index is -1.01. The lowest BCUT2D eigenvalue weighted by Gasteiger charge is -2.27. The molecule has 0 spiro atoms. The van der Waals surface area contributed by atoms with Crippen molar-refractivity contribution >= 4 is 40.3 Å². The van der Waals surface area contributed by atoms with Gasteiger partial charge in [0.1, 0.15) is 23.2 Å². The third kappa shape index (κ3) is 12.2. The highest BCUT2D eigenvalue weighted by atomic mass is 16.6. The summed E-state index contributed by atoms with van der Waals surface area (Å²) in [6, 6.07) is 30.8. The van der Waals surface area contributed by atoms with Crippen LogP contribution in [0.5, 0.6) is 5.75 Å². The Hall–Kier alpha value is -6.07. The van der Waals surface area contributed by atoms with Gasteiger partial charge in [0.25, 0.3) is 0 Å². The van der Waals surface area contributed by atoms with Crippen LogP contribution in [-0.2, 0) is 35.2 Å². The van der Waals surface area contributed by atoms with Crippen LogP contribution in [0.4, 0.5) is 10.6 Å². The van der Waals surface area contributed by atoms with Crippen molar-refractivity contribution < 1.29 is 38.5 Å². The zero-order valence-electron chi connectivity index (χ0n) is 33.2. The van der Waals surface area contributed by atoms with Crippen LogP contribution in [0.2, 0.25) is 0 Å². The fourth-order valence-corrected chi connectivity index (χ4v) is 6.48. The first-order chi connectivity index (χ1) is 27.3. The third-order valence-corrected chi connectivity index (χ3v) is 9.38. The Kier molecular flexibility index (Phi) is 14.5. The Labute approximate surface area is 334 Å². The number of hydrogen-bond donors (Lipinski definition) is 2. The number of pyridine rings is 1. The molecule has 11 nitrogen and oxygen atoms in total. The summed E-state index contributed by atoms with van der Waals surface area (Å²) >= 11 is 0. The molecule has 5 aromatic rings. The molecular formula is C46H51N3O8. The van der Waals surface area contributed by atoms with Crippen LogP contribution < -0.4 is 10.2 Å². The second-order valence-corrected chi connectivity index (χ2v) is 15.0. The van der Waals surface area contributed by atoms with Crippen molar-refractivity contribution in [1.29, 1.82) is 0 Å². The molecule has 0 saturated carbocycles. The number of fused-ring (bicyclic) bond motifs is 1. The van der Waals surface area contributed by atoms with Gasteiger partial charge in [-0.2, -0.15) is 0 Å². The molecule has 2 atom stereocenters. The van der Waals surface area contributed by atoms with E-state index in [0.29, 0.717) is 5.82 Å². The van der Waals surface area contributed by atoms with E-state index in [0.717, 1.165) is 38.6 Å². The standard InChI is InChI=1S/C46H51N3O8/c1-31-23-24-47-42(26-31)49(45(54)57-46(2,3)4)25-11-16-43(52)48-39(30-56-29-32-12-7-6-8-13-32)41(51)27-35(28-44(53)55-5)33-17-19-34(20-18-33)36-21-22-40(50)38-15-10-9-14-37(36)38/h6-10,12-15,17-24,26,35,39,50H,11,16,25,27-30H2,1-5H3,(H,48,52)/t35-,39-/m0/s1. The molecule has 0 radical (unpaired) electrons. The number of carbonyl (C=O) groups excluding carboxylic acids is 4. The molecule has 0 unspecified atom stereocenters. The maximum absolute atomic E-state index is 14.1. The van der Waals surface area contributed by atoms with Gasteiger partial charge in [0.15, 0.2) is 5.78 Å². The molecular weight excluding hydrogens is 723 g/mol. The van der Waals surface area contributed by atoms with Crippen LogP contribution >= 0.6 is 0 Å². The molecule has 2 N–H and O–H groups in total. The average Bonchev–Trinajstić information content (AvgIpc) is 3.19. The summed E-state index contributed by atoms with van der Waals surface area (Å²) in [6.45, 7) is 7.53. The summed E-state index contributed by atoms with van der Waals surface area (Å²) in [5.41, 5.74) is 3.67. The molecule has 57 heavy (non-hydrogen) atoms. The first kappa shape index (κ1) is 42.1. The van der Waals surface area contributed by atoms with Gasteiger partial charge in [0.05, 0.1) is 26.7 Å². The van der Waals surface area contributed by atoms with Crippen molar-refractivity contribution in [2.75, 3.05) is 25.2 Å². The maximum Gasteiger partial charge on any atom is 0.416 e. The Morgan fingerprint density at radius 2 is 1.56 bits per heavy atom. The van der Waals surface area contributed by atoms with Gasteiger partial charge in [0.2, 0.25) is 5.91 Å². The van der Waals surface area contributed by atoms with Gasteiger partial charge in [-0.05, 0) is 85.5 Å². The van der Waals surface area contributed by atoms with Crippen LogP contribution in [0.15, 0.2) is 109 Å². The highest BCUT2D eigenvalue weighted by Gasteiger charge is 2.28. The van der Waals surface area contributed by atoms with Crippen molar-refractivity contribution in [3.8, 4) is 16.9 Å². The van der Waals surface area contributed by atoms with Crippen LogP contribution in [0, 0.1) is 6.92 Å². The van der Waals surface area contributed by atoms with Crippen LogP contribution in [0.1, 0.15) is 69.1 Å². The fourth-order valence-electron chi connectivity index (χ4n) is 6.48. The molecule has 0 saturated heterocycles. The number of aryl methyl sites for hydroxylation is 1. The number of nitrogens with one attached hydrogen (secondary N) is 1. The van der Waals surface area contributed by atoms with Crippen LogP contribution in [-0.4, -0.2) is 65.7 Å². The van der Waals surface area contributed by atoms with E-state index >= 15 is 0 Å². The predicted octanol–water partition coefficient (Wildman–Crippen LogP) is 8.45. The van der Waals surface area contributed by atoms with Crippen molar-refractivity contribution in [3.05, 3.63) is 126 Å². The third-order valence-electron chi connectivity index (χ3n) is 9.38. The summed E-state index contributed by atoms with van der Waals surface area (Å²) in [7, 11) is 1.31. The number of rotatable bonds is 17. The summed E-state index contributed by atoms with van der Waals surface area (Å²) in [4.78, 5) is 59.2. The smallest absolute Gasteiger partial charge is 0.416 e. The van der Waals surface area contributed by atoms with Crippen LogP contribution in [0.25, 0.3) is 21.9 Å². The van der Waals surface area contributed by atoms with Crippen LogP contribution in [0.3, 0.4) is 0 Å². The number of benzene rings is 4. The van der Waals surface area contributed by atoms with E-state index in [2.05, 4.69) is 10.3 Å². The molecule has 1 aromatic heterocycles. The number of aromatic hydroxyl groups is 1. The number of carbonyl (C=O) groups is 4. The SMILES string of the molecule is COC(=O)C[C@H](CC(=O)[C@H](COCc1ccccc1)NC(=O)CCCN(C(=O)OC(C)(C)C)c1cc(C)ccn1)c1ccc(-c2ccc(O)c3ccccc23)cc1. The largest absolute Gasteiger partial charge is 0.507 e. The van der Waals surface area contributed by atoms with E-state index in [1.54, 1.807) is 39.1 Å². The van der Waals surface area contributed by atoms with Gasteiger partial charge in [-0.15, -0.1) is 0 Å². The summed E-state index contributed by atoms with van der Waals surface area (Å²) in [5.74, 6) is -1.12. The summed E-state index contributed by atoms with van der Waals surface area (Å²) < 4.78 is 16.6. The molecule has 11 heteroatoms. The van der Waals surface area contributed by atoms with Gasteiger partial charge in [-0.25, -0.2) is 9.78 Å². The van der Waals surface area contributed by atoms with E-state index < -0.39 is 35.5 Å². The van der Waals surface area contributed by atoms with Gasteiger partial charge < -0.3 is 24.6 Å². The summed E-state index contributed by atoms with van der Waals surface area (Å²) in [5, 5.41) is 14.9. The number of phenolic OH excluding ortho intramolecular Hbond substituents is 1. The fraction of sp³-hybridized carbons (Fsp3) is 0.326. The maximum atomic E-state index is 14.1. The lowest BCUT2D eigenvalue weighted by Crippen LogP contribution is -2.45. The quantitative estimate of drug-likeness (QED) is 0.0890. The topological polar surface area (TPSA) is 144 Å². The zero-order valence-corrected chi connectivity index (χ0v) is 33.2. The Morgan fingerprint density at radius 1 is 0.860 bits per heavy atom. The molecule has 2 amide bonds. The first-order valence-corrected chi connectivity index (χ1v) is 19.1. The van der Waals surface area contributed by atoms with Gasteiger partial charge >= 0.3 is 12.1 Å². The molecule has 0 aliphatic carbocycles. The number of esters is 1. The number of anilines is 1. The normalized spacial score (nSPS) is 12.4. The highest BCUT2D eigenvalue weighted by Crippen LogP contribution is 2.35. The van der Waals surface area contributed by atoms with Crippen molar-refractivity contribution in [1.82, 2.24) is 10.3 Å². The number of ketones is 1. The van der Waals surface area contributed by atoms with Crippen molar-refractivity contribution in [3.63, 3.8) is 0 Å². The molecule has 298 valence electrons. The van der Waals surface area contributed by atoms with E-state index in [9.17, 15) is 24.3 Å². The Bertz CT molecular complexity index is 2150. The zero-order chi connectivity index (χ0) is 41.0. The molecule has 1 heterocycles. The number of ether oxygens (including phenoxy) is 3. The van der Waals surface area contributed by atoms with Gasteiger partial charge in [0, 0.05) is 36.9 Å². The average molecular weight is 774 g/mol. The van der Waals surface area contributed by atoms with E-state index in [4.69, 9.17) is 14.2 Å². The number of Topliss-reactive ketones (excluding diaryl/α,β-unsaturated/α-hetero) is 1. The monoisotopic (exact) mass is 773 g/mol. The minimum absolute atomic E-state index is 0.00652. The molecule has 0 fully saturated rings. The molecule has 4 aromatic carbocycles. The number of nitrogens with zero attached hydrogens (tertiary/aromatic N) is 2. The van der Waals surface area contributed by atoms with E-state index in [-0.39, 0.29) is 57.0 Å². The predicted molar refractivity (Wildman–Crippen MR) is 220 cm³/mol. The molecule has 0 aliphatic rings. The second-order valence-electron chi connectivity index (χ2n) is 15.0. The lowest BCUT2D eigenvalue weighted by atomic mass is 9.87. The Morgan fingerprint density at radius 3 is 2.25 bits per heavy atom. The molecule has 0 bridgehead atoms. The number of methoxy groups -OCH3 is 1. The van der Waals surface area contributed by atoms with Gasteiger partial charge in [-0.3, -0.25) is 19.3 Å². The lowest BCUT2D eigenvalue weighted by molar-refractivity contribution is -0.141. The van der Waals surface area contributed by atoms with Gasteiger partial charge in [-0.1, -0.05) is 84.9 Å². The number of aromatic nitrogens is 1.